The number of benzene rings is 1. The number of piperidine rings is 1. The fraction of sp³-hybridized carbons (Fsp3) is 0.450. The van der Waals surface area contributed by atoms with Gasteiger partial charge in [-0.2, -0.15) is 0 Å². The third kappa shape index (κ3) is 3.71. The van der Waals surface area contributed by atoms with Gasteiger partial charge in [0.25, 0.3) is 0 Å². The van der Waals surface area contributed by atoms with Crippen molar-refractivity contribution in [2.75, 3.05) is 20.2 Å². The van der Waals surface area contributed by atoms with Gasteiger partial charge in [0.15, 0.2) is 0 Å². The van der Waals surface area contributed by atoms with E-state index in [4.69, 9.17) is 9.15 Å². The molecule has 0 bridgehead atoms. The van der Waals surface area contributed by atoms with Gasteiger partial charge in [-0.1, -0.05) is 12.1 Å². The molecule has 0 spiro atoms. The van der Waals surface area contributed by atoms with Crippen LogP contribution in [-0.4, -0.2) is 31.0 Å². The molecule has 1 saturated heterocycles. The van der Waals surface area contributed by atoms with E-state index in [1.165, 1.54) is 5.56 Å². The van der Waals surface area contributed by atoms with E-state index in [1.54, 1.807) is 13.4 Å². The van der Waals surface area contributed by atoms with Gasteiger partial charge < -0.3 is 14.5 Å². The zero-order valence-corrected chi connectivity index (χ0v) is 14.5. The highest BCUT2D eigenvalue weighted by molar-refractivity contribution is 5.76. The van der Waals surface area contributed by atoms with Crippen LogP contribution in [0.3, 0.4) is 0 Å². The molecule has 1 N–H and O–H groups in total. The number of rotatable bonds is 7. The summed E-state index contributed by atoms with van der Waals surface area (Å²) in [4.78, 5) is 14.6. The van der Waals surface area contributed by atoms with E-state index < -0.39 is 0 Å². The average Bonchev–Trinajstić information content (AvgIpc) is 3.06. The lowest BCUT2D eigenvalue weighted by molar-refractivity contribution is -0.121. The highest BCUT2D eigenvalue weighted by atomic mass is 16.5. The van der Waals surface area contributed by atoms with Crippen LogP contribution in [0, 0.1) is 17.8 Å². The van der Waals surface area contributed by atoms with Gasteiger partial charge in [-0.05, 0) is 47.6 Å². The summed E-state index contributed by atoms with van der Waals surface area (Å²) in [5, 5.41) is 2.95. The Bertz CT molecular complexity index is 699. The number of likely N-dealkylation sites (tertiary alicyclic amines) is 1. The molecule has 0 radical (unpaired) electrons. The molecule has 1 amide bonds. The first-order valence-electron chi connectivity index (χ1n) is 8.87. The van der Waals surface area contributed by atoms with Crippen molar-refractivity contribution in [2.24, 2.45) is 17.8 Å². The summed E-state index contributed by atoms with van der Waals surface area (Å²) in [5.74, 6) is 3.77. The van der Waals surface area contributed by atoms with Gasteiger partial charge in [0.05, 0.1) is 19.9 Å². The zero-order chi connectivity index (χ0) is 17.2. The van der Waals surface area contributed by atoms with Crippen LogP contribution < -0.4 is 10.1 Å². The molecular weight excluding hydrogens is 316 g/mol. The second-order valence-electron chi connectivity index (χ2n) is 7.09. The fourth-order valence-electron chi connectivity index (χ4n) is 4.04. The van der Waals surface area contributed by atoms with E-state index in [-0.39, 0.29) is 5.91 Å². The lowest BCUT2D eigenvalue weighted by Gasteiger charge is -2.19. The second-order valence-corrected chi connectivity index (χ2v) is 7.09. The molecule has 1 aromatic carbocycles. The molecule has 1 unspecified atom stereocenters. The van der Waals surface area contributed by atoms with Crippen LogP contribution in [-0.2, 0) is 17.9 Å². The van der Waals surface area contributed by atoms with E-state index in [1.807, 2.05) is 24.3 Å². The summed E-state index contributed by atoms with van der Waals surface area (Å²) in [6.45, 7) is 3.67. The Hall–Kier alpha value is -2.27. The molecule has 5 nitrogen and oxygen atoms in total. The minimum absolute atomic E-state index is 0.137. The quantitative estimate of drug-likeness (QED) is 0.842. The first kappa shape index (κ1) is 16.2. The third-order valence-electron chi connectivity index (χ3n) is 5.47. The summed E-state index contributed by atoms with van der Waals surface area (Å²) in [7, 11) is 1.69. The highest BCUT2D eigenvalue weighted by Gasteiger charge is 2.55. The standard InChI is InChI=1S/C20H24N2O3/c1-24-15-6-4-14(5-7-15)11-22-12-18-17(19(18)13-22)9-20(23)21-10-16-3-2-8-25-16/h2-8,17-19H,9-13H2,1H3,(H,21,23)/t17?,18-,19+. The maximum Gasteiger partial charge on any atom is 0.220 e. The van der Waals surface area contributed by atoms with Crippen molar-refractivity contribution in [3.05, 3.63) is 54.0 Å². The largest absolute Gasteiger partial charge is 0.497 e. The lowest BCUT2D eigenvalue weighted by atomic mass is 10.1. The van der Waals surface area contributed by atoms with Crippen molar-refractivity contribution in [2.45, 2.75) is 19.5 Å². The first-order chi connectivity index (χ1) is 12.2. The van der Waals surface area contributed by atoms with Gasteiger partial charge in [-0.15, -0.1) is 0 Å². The summed E-state index contributed by atoms with van der Waals surface area (Å²) in [5.41, 5.74) is 1.31. The first-order valence-corrected chi connectivity index (χ1v) is 8.87. The number of fused-ring (bicyclic) bond motifs is 1. The van der Waals surface area contributed by atoms with E-state index in [0.29, 0.717) is 30.7 Å². The Morgan fingerprint density at radius 1 is 1.24 bits per heavy atom. The van der Waals surface area contributed by atoms with Crippen LogP contribution in [0.1, 0.15) is 17.7 Å². The molecule has 2 aliphatic rings. The van der Waals surface area contributed by atoms with Crippen molar-refractivity contribution in [1.82, 2.24) is 10.2 Å². The van der Waals surface area contributed by atoms with E-state index in [0.717, 1.165) is 31.1 Å². The van der Waals surface area contributed by atoms with Crippen molar-refractivity contribution in [3.63, 3.8) is 0 Å². The van der Waals surface area contributed by atoms with Gasteiger partial charge >= 0.3 is 0 Å². The van der Waals surface area contributed by atoms with Gasteiger partial charge in [0, 0.05) is 26.1 Å². The van der Waals surface area contributed by atoms with E-state index in [9.17, 15) is 4.79 Å². The number of carbonyl (C=O) groups excluding carboxylic acids is 1. The summed E-state index contributed by atoms with van der Waals surface area (Å²) in [6, 6.07) is 12.0. The lowest BCUT2D eigenvalue weighted by Crippen LogP contribution is -2.27. The normalized spacial score (nSPS) is 24.8. The number of amides is 1. The second kappa shape index (κ2) is 6.92. The van der Waals surface area contributed by atoms with Gasteiger partial charge in [-0.3, -0.25) is 9.69 Å². The molecule has 3 atom stereocenters. The van der Waals surface area contributed by atoms with E-state index in [2.05, 4.69) is 22.3 Å². The van der Waals surface area contributed by atoms with Crippen LogP contribution in [0.2, 0.25) is 0 Å². The number of hydrogen-bond donors (Lipinski definition) is 1. The molecule has 25 heavy (non-hydrogen) atoms. The van der Waals surface area contributed by atoms with Crippen LogP contribution in [0.5, 0.6) is 5.75 Å². The predicted octanol–water partition coefficient (Wildman–Crippen LogP) is 2.67. The third-order valence-corrected chi connectivity index (χ3v) is 5.47. The Morgan fingerprint density at radius 2 is 2.00 bits per heavy atom. The molecule has 4 rings (SSSR count). The smallest absolute Gasteiger partial charge is 0.220 e. The van der Waals surface area contributed by atoms with Gasteiger partial charge in [0.2, 0.25) is 5.91 Å². The monoisotopic (exact) mass is 340 g/mol. The van der Waals surface area contributed by atoms with Gasteiger partial charge in [0.1, 0.15) is 11.5 Å². The average molecular weight is 340 g/mol. The van der Waals surface area contributed by atoms with E-state index >= 15 is 0 Å². The number of carbonyl (C=O) groups is 1. The molecule has 2 heterocycles. The maximum absolute atomic E-state index is 12.1. The van der Waals surface area contributed by atoms with Crippen LogP contribution in [0.25, 0.3) is 0 Å². The molecule has 1 aliphatic heterocycles. The van der Waals surface area contributed by atoms with Crippen molar-refractivity contribution in [3.8, 4) is 5.75 Å². The number of nitrogens with zero attached hydrogens (tertiary/aromatic N) is 1. The highest BCUT2D eigenvalue weighted by Crippen LogP contribution is 2.53. The van der Waals surface area contributed by atoms with Gasteiger partial charge in [-0.25, -0.2) is 0 Å². The molecule has 132 valence electrons. The topological polar surface area (TPSA) is 54.7 Å². The summed E-state index contributed by atoms with van der Waals surface area (Å²) in [6.07, 6.45) is 2.27. The number of nitrogens with one attached hydrogen (secondary N) is 1. The molecule has 1 saturated carbocycles. The number of furan rings is 1. The number of methoxy groups -OCH3 is 1. The number of ether oxygens (including phenoxy) is 1. The molecule has 1 aromatic heterocycles. The summed E-state index contributed by atoms with van der Waals surface area (Å²) < 4.78 is 10.4. The Kier molecular flexibility index (Phi) is 4.49. The van der Waals surface area contributed by atoms with Crippen molar-refractivity contribution >= 4 is 5.91 Å². The SMILES string of the molecule is COc1ccc(CN2C[C@@H]3C(CC(=O)NCc4ccco4)[C@@H]3C2)cc1. The Morgan fingerprint density at radius 3 is 2.64 bits per heavy atom. The maximum atomic E-state index is 12.1. The van der Waals surface area contributed by atoms with Crippen LogP contribution in [0.4, 0.5) is 0 Å². The zero-order valence-electron chi connectivity index (χ0n) is 14.5. The molecule has 5 heteroatoms. The Labute approximate surface area is 148 Å². The predicted molar refractivity (Wildman–Crippen MR) is 93.9 cm³/mol. The van der Waals surface area contributed by atoms with Crippen molar-refractivity contribution in [1.29, 1.82) is 0 Å². The Balaban J connectivity index is 1.19. The van der Waals surface area contributed by atoms with Crippen LogP contribution in [0.15, 0.2) is 47.1 Å². The van der Waals surface area contributed by atoms with Crippen molar-refractivity contribution < 1.29 is 13.9 Å². The number of hydrogen-bond acceptors (Lipinski definition) is 4. The molecule has 1 aliphatic carbocycles. The molecule has 2 fully saturated rings. The summed E-state index contributed by atoms with van der Waals surface area (Å²) >= 11 is 0. The minimum Gasteiger partial charge on any atom is -0.497 e. The minimum atomic E-state index is 0.137. The molecular formula is C20H24N2O3. The fourth-order valence-corrected chi connectivity index (χ4v) is 4.04. The van der Waals surface area contributed by atoms with Crippen LogP contribution >= 0.6 is 0 Å². The molecule has 2 aromatic rings.